The van der Waals surface area contributed by atoms with Gasteiger partial charge in [-0.1, -0.05) is 12.7 Å². The quantitative estimate of drug-likeness (QED) is 0.333. The van der Waals surface area contributed by atoms with Gasteiger partial charge in [-0.25, -0.2) is 9.34 Å². The number of rotatable bonds is 7. The normalized spacial score (nSPS) is 18.5. The first-order valence-corrected chi connectivity index (χ1v) is 8.23. The maximum atomic E-state index is 12.7. The summed E-state index contributed by atoms with van der Waals surface area (Å²) in [5.41, 5.74) is 1.20. The summed E-state index contributed by atoms with van der Waals surface area (Å²) >= 11 is 0. The molecular formula is C13H16N3O4P. The van der Waals surface area contributed by atoms with Crippen molar-refractivity contribution in [3.05, 3.63) is 46.0 Å². The van der Waals surface area contributed by atoms with E-state index in [1.165, 1.54) is 12.1 Å². The summed E-state index contributed by atoms with van der Waals surface area (Å²) in [5, 5.41) is 10.9. The molecule has 0 bridgehead atoms. The van der Waals surface area contributed by atoms with Gasteiger partial charge in [-0.05, 0) is 17.7 Å². The van der Waals surface area contributed by atoms with Crippen molar-refractivity contribution in [3.63, 3.8) is 0 Å². The highest BCUT2D eigenvalue weighted by molar-refractivity contribution is 7.54. The van der Waals surface area contributed by atoms with Crippen molar-refractivity contribution < 1.29 is 14.0 Å². The Morgan fingerprint density at radius 2 is 1.95 bits per heavy atom. The third-order valence-corrected chi connectivity index (χ3v) is 6.17. The van der Waals surface area contributed by atoms with Crippen LogP contribution < -0.4 is 0 Å². The van der Waals surface area contributed by atoms with Crippen LogP contribution in [0.2, 0.25) is 0 Å². The van der Waals surface area contributed by atoms with Gasteiger partial charge in [0.15, 0.2) is 0 Å². The van der Waals surface area contributed by atoms with Crippen LogP contribution in [0.25, 0.3) is 6.08 Å². The van der Waals surface area contributed by atoms with Crippen LogP contribution >= 0.6 is 7.67 Å². The van der Waals surface area contributed by atoms with Crippen molar-refractivity contribution in [2.24, 2.45) is 0 Å². The van der Waals surface area contributed by atoms with E-state index in [0.717, 1.165) is 31.7 Å². The molecule has 21 heavy (non-hydrogen) atoms. The van der Waals surface area contributed by atoms with E-state index in [1.54, 1.807) is 12.1 Å². The van der Waals surface area contributed by atoms with Crippen LogP contribution in [-0.4, -0.2) is 40.4 Å². The molecule has 2 saturated heterocycles. The summed E-state index contributed by atoms with van der Waals surface area (Å²) in [4.78, 5) is 10.4. The van der Waals surface area contributed by atoms with E-state index in [-0.39, 0.29) is 12.3 Å². The highest BCUT2D eigenvalue weighted by Gasteiger charge is 2.49. The van der Waals surface area contributed by atoms with E-state index in [1.807, 2.05) is 9.34 Å². The van der Waals surface area contributed by atoms with E-state index in [0.29, 0.717) is 5.56 Å². The summed E-state index contributed by atoms with van der Waals surface area (Å²) in [7, 11) is -2.85. The minimum absolute atomic E-state index is 0.00817. The van der Waals surface area contributed by atoms with Gasteiger partial charge < -0.3 is 4.52 Å². The molecule has 0 spiro atoms. The average Bonchev–Trinajstić information content (AvgIpc) is 3.34. The third kappa shape index (κ3) is 2.91. The molecule has 0 unspecified atom stereocenters. The molecular weight excluding hydrogens is 293 g/mol. The van der Waals surface area contributed by atoms with E-state index in [2.05, 4.69) is 6.58 Å². The fourth-order valence-electron chi connectivity index (χ4n) is 2.12. The first kappa shape index (κ1) is 14.4. The van der Waals surface area contributed by atoms with Gasteiger partial charge in [0.1, 0.15) is 0 Å². The smallest absolute Gasteiger partial charge is 0.301 e. The van der Waals surface area contributed by atoms with E-state index >= 15 is 0 Å². The molecule has 2 aliphatic heterocycles. The van der Waals surface area contributed by atoms with Crippen molar-refractivity contribution in [3.8, 4) is 0 Å². The minimum atomic E-state index is -2.85. The molecule has 2 aliphatic rings. The van der Waals surface area contributed by atoms with Gasteiger partial charge in [-0.2, -0.15) is 0 Å². The molecule has 8 heteroatoms. The molecule has 0 saturated carbocycles. The number of hydrogen-bond acceptors (Lipinski definition) is 4. The lowest BCUT2D eigenvalue weighted by molar-refractivity contribution is -0.385. The molecule has 2 fully saturated rings. The fourth-order valence-corrected chi connectivity index (χ4v) is 4.31. The largest absolute Gasteiger partial charge is 0.346 e. The Bertz CT molecular complexity index is 624. The van der Waals surface area contributed by atoms with Gasteiger partial charge in [0, 0.05) is 32.2 Å². The van der Waals surface area contributed by atoms with Gasteiger partial charge in [-0.15, -0.1) is 0 Å². The number of benzene rings is 1. The average molecular weight is 309 g/mol. The minimum Gasteiger partial charge on any atom is -0.301 e. The van der Waals surface area contributed by atoms with E-state index < -0.39 is 12.6 Å². The second-order valence-corrected chi connectivity index (χ2v) is 7.40. The highest BCUT2D eigenvalue weighted by Crippen LogP contribution is 2.61. The summed E-state index contributed by atoms with van der Waals surface area (Å²) in [5.74, 6) is 0. The predicted octanol–water partition coefficient (Wildman–Crippen LogP) is 2.49. The van der Waals surface area contributed by atoms with Gasteiger partial charge in [0.25, 0.3) is 5.69 Å². The van der Waals surface area contributed by atoms with Crippen molar-refractivity contribution in [1.29, 1.82) is 0 Å². The van der Waals surface area contributed by atoms with Crippen LogP contribution in [0.5, 0.6) is 0 Å². The first-order valence-electron chi connectivity index (χ1n) is 6.70. The van der Waals surface area contributed by atoms with Crippen molar-refractivity contribution in [2.75, 3.05) is 26.2 Å². The number of hydrogen-bond donors (Lipinski definition) is 0. The zero-order valence-electron chi connectivity index (χ0n) is 11.5. The highest BCUT2D eigenvalue weighted by atomic mass is 31.2. The Balaban J connectivity index is 1.74. The van der Waals surface area contributed by atoms with Crippen LogP contribution in [0.1, 0.15) is 11.1 Å². The Morgan fingerprint density at radius 3 is 2.43 bits per heavy atom. The van der Waals surface area contributed by atoms with Gasteiger partial charge in [0.05, 0.1) is 17.1 Å². The molecule has 0 atom stereocenters. The van der Waals surface area contributed by atoms with Crippen LogP contribution in [0.15, 0.2) is 24.8 Å². The molecule has 0 aromatic heterocycles. The molecule has 7 nitrogen and oxygen atoms in total. The maximum Gasteiger partial charge on any atom is 0.346 e. The van der Waals surface area contributed by atoms with E-state index in [9.17, 15) is 14.7 Å². The van der Waals surface area contributed by atoms with Crippen molar-refractivity contribution in [2.45, 2.75) is 6.61 Å². The molecule has 0 radical (unpaired) electrons. The Kier molecular flexibility index (Phi) is 3.67. The Labute approximate surface area is 122 Å². The molecule has 0 aliphatic carbocycles. The summed E-state index contributed by atoms with van der Waals surface area (Å²) < 4.78 is 22.1. The topological polar surface area (TPSA) is 75.5 Å². The zero-order valence-corrected chi connectivity index (χ0v) is 12.4. The maximum absolute atomic E-state index is 12.7. The lowest BCUT2D eigenvalue weighted by Crippen LogP contribution is -2.08. The molecule has 1 aromatic rings. The predicted molar refractivity (Wildman–Crippen MR) is 78.7 cm³/mol. The van der Waals surface area contributed by atoms with Crippen molar-refractivity contribution in [1.82, 2.24) is 9.34 Å². The Hall–Kier alpha value is -1.53. The molecule has 2 heterocycles. The lowest BCUT2D eigenvalue weighted by atomic mass is 10.1. The monoisotopic (exact) mass is 309 g/mol. The molecule has 1 aromatic carbocycles. The molecule has 3 rings (SSSR count). The second-order valence-electron chi connectivity index (χ2n) is 5.03. The first-order chi connectivity index (χ1) is 10.0. The van der Waals surface area contributed by atoms with Gasteiger partial charge >= 0.3 is 7.67 Å². The van der Waals surface area contributed by atoms with Crippen LogP contribution in [0.4, 0.5) is 5.69 Å². The number of nitro groups is 1. The summed E-state index contributed by atoms with van der Waals surface area (Å²) in [6, 6.07) is 4.70. The third-order valence-electron chi connectivity index (χ3n) is 3.47. The molecule has 112 valence electrons. The van der Waals surface area contributed by atoms with Crippen molar-refractivity contribution >= 4 is 19.4 Å². The number of nitro benzene ring substituents is 1. The van der Waals surface area contributed by atoms with Crippen LogP contribution in [0.3, 0.4) is 0 Å². The summed E-state index contributed by atoms with van der Waals surface area (Å²) in [6.45, 7) is 6.94. The Morgan fingerprint density at radius 1 is 1.33 bits per heavy atom. The molecule has 0 amide bonds. The van der Waals surface area contributed by atoms with Crippen LogP contribution in [0, 0.1) is 10.1 Å². The van der Waals surface area contributed by atoms with Crippen LogP contribution in [-0.2, 0) is 15.7 Å². The van der Waals surface area contributed by atoms with Gasteiger partial charge in [0.2, 0.25) is 0 Å². The zero-order chi connectivity index (χ0) is 15.0. The second kappa shape index (κ2) is 5.35. The van der Waals surface area contributed by atoms with Gasteiger partial charge in [-0.3, -0.25) is 14.7 Å². The van der Waals surface area contributed by atoms with E-state index in [4.69, 9.17) is 4.52 Å². The molecule has 0 N–H and O–H groups in total. The SMILES string of the molecule is C=Cc1cc(COP(=O)(N2CC2)N2CC2)ccc1[N+](=O)[O-]. The standard InChI is InChI=1S/C13H16N3O4P/c1-2-12-9-11(3-4-13(12)16(17)18)10-20-21(19,14-5-6-14)15-7-8-15/h2-4,9H,1,5-8,10H2. The number of nitrogens with zero attached hydrogens (tertiary/aromatic N) is 3. The lowest BCUT2D eigenvalue weighted by Gasteiger charge is -2.19. The fraction of sp³-hybridized carbons (Fsp3) is 0.385. The summed E-state index contributed by atoms with van der Waals surface area (Å²) in [6.07, 6.45) is 1.44.